The summed E-state index contributed by atoms with van der Waals surface area (Å²) in [6.07, 6.45) is 25.6. The Balaban J connectivity index is 1.94. The van der Waals surface area contributed by atoms with Gasteiger partial charge in [0.2, 0.25) is 0 Å². The maximum atomic E-state index is 13.1. The summed E-state index contributed by atoms with van der Waals surface area (Å²) in [6, 6.07) is 0. The van der Waals surface area contributed by atoms with E-state index in [2.05, 4.69) is 10.6 Å². The summed E-state index contributed by atoms with van der Waals surface area (Å²) in [7, 11) is 0. The lowest BCUT2D eigenvalue weighted by Gasteiger charge is -2.36. The average molecular weight is 855 g/mol. The van der Waals surface area contributed by atoms with E-state index in [1.54, 1.807) is 13.8 Å². The van der Waals surface area contributed by atoms with Gasteiger partial charge in [-0.15, -0.1) is 0 Å². The van der Waals surface area contributed by atoms with Gasteiger partial charge in [-0.1, -0.05) is 135 Å². The summed E-state index contributed by atoms with van der Waals surface area (Å²) < 4.78 is 10.8. The van der Waals surface area contributed by atoms with E-state index in [9.17, 15) is 28.8 Å². The number of hydrogen-bond donors (Lipinski definition) is 4. The van der Waals surface area contributed by atoms with Crippen molar-refractivity contribution < 1.29 is 48.5 Å². The van der Waals surface area contributed by atoms with Crippen LogP contribution in [0.5, 0.6) is 0 Å². The van der Waals surface area contributed by atoms with Gasteiger partial charge in [0, 0.05) is 38.8 Å². The fraction of sp³-hybridized carbons (Fsp3) is 0.440. The van der Waals surface area contributed by atoms with E-state index < -0.39 is 47.2 Å². The second-order valence-electron chi connectivity index (χ2n) is 17.0. The minimum atomic E-state index is -0.943. The van der Waals surface area contributed by atoms with E-state index in [0.29, 0.717) is 24.0 Å². The molecule has 2 atom stereocenters. The van der Waals surface area contributed by atoms with Gasteiger partial charge in [-0.25, -0.2) is 9.59 Å². The second-order valence-corrected chi connectivity index (χ2v) is 17.0. The van der Waals surface area contributed by atoms with Gasteiger partial charge in [-0.2, -0.15) is 0 Å². The Kier molecular flexibility index (Phi) is 21.0. The number of carbonyl (C=O) groups excluding carboxylic acids is 4. The number of amides is 2. The van der Waals surface area contributed by atoms with Crippen LogP contribution in [0, 0.1) is 10.8 Å². The molecule has 0 aromatic carbocycles. The fourth-order valence-electron chi connectivity index (χ4n) is 6.96. The minimum Gasteiger partial charge on any atom is -0.481 e. The first kappa shape index (κ1) is 52.1. The lowest BCUT2D eigenvalue weighted by atomic mass is 9.71. The molecule has 2 rings (SSSR count). The number of rotatable bonds is 20. The molecule has 336 valence electrons. The molecule has 2 amide bonds. The van der Waals surface area contributed by atoms with E-state index in [1.165, 1.54) is 0 Å². The Hall–Kier alpha value is -6.04. The predicted octanol–water partition coefficient (Wildman–Crippen LogP) is 10.1. The summed E-state index contributed by atoms with van der Waals surface area (Å²) >= 11 is 0. The highest BCUT2D eigenvalue weighted by Gasteiger charge is 2.41. The van der Waals surface area contributed by atoms with Crippen molar-refractivity contribution >= 4 is 35.7 Å². The molecule has 0 aromatic heterocycles. The van der Waals surface area contributed by atoms with Gasteiger partial charge in [0.1, 0.15) is 0 Å². The van der Waals surface area contributed by atoms with Crippen molar-refractivity contribution in [3.8, 4) is 0 Å². The quantitative estimate of drug-likeness (QED) is 0.0679. The normalized spacial score (nSPS) is 20.4. The monoisotopic (exact) mass is 854 g/mol. The van der Waals surface area contributed by atoms with Crippen LogP contribution in [0.1, 0.15) is 108 Å². The van der Waals surface area contributed by atoms with E-state index in [0.717, 1.165) is 33.4 Å². The number of alkyl carbamates (subject to hydrolysis) is 2. The molecule has 0 spiro atoms. The molecule has 0 bridgehead atoms. The predicted molar refractivity (Wildman–Crippen MR) is 243 cm³/mol. The number of carbonyl (C=O) groups is 6. The molecular formula is C50H66N2O10. The summed E-state index contributed by atoms with van der Waals surface area (Å²) in [5.41, 5.74) is 6.12. The van der Waals surface area contributed by atoms with E-state index in [4.69, 9.17) is 19.7 Å². The molecule has 0 aromatic rings. The van der Waals surface area contributed by atoms with Crippen LogP contribution in [-0.2, 0) is 28.7 Å². The van der Waals surface area contributed by atoms with Crippen molar-refractivity contribution in [3.05, 3.63) is 130 Å². The zero-order valence-corrected chi connectivity index (χ0v) is 38.1. The molecule has 0 heterocycles. The van der Waals surface area contributed by atoms with Gasteiger partial charge >= 0.3 is 24.1 Å². The smallest absolute Gasteiger partial charge is 0.407 e. The standard InChI is InChI=1S/C50H66N2O10/c1-33(19-13-21-35(3)25-27-39-37(5)45(57)41(31-49(39,7)8)61-47(59)51-29-15-23-43(53)54)17-11-12-18-34(2)20-14-22-36(4)26-28-40-38(6)46(58)42(32-50(40,9)10)62-48(60)52-30-16-24-44(55)56/h11-14,17-22,25-28,41-42H,15-16,23-24,29-32H2,1-10H3,(H,51,59)(H,52,60)(H,53,54)(H,55,56). The molecule has 0 radical (unpaired) electrons. The van der Waals surface area contributed by atoms with E-state index >= 15 is 0 Å². The van der Waals surface area contributed by atoms with Crippen molar-refractivity contribution in [2.24, 2.45) is 10.8 Å². The van der Waals surface area contributed by atoms with Crippen LogP contribution >= 0.6 is 0 Å². The molecule has 2 aliphatic rings. The minimum absolute atomic E-state index is 0.0652. The van der Waals surface area contributed by atoms with Gasteiger partial charge in [0.25, 0.3) is 0 Å². The van der Waals surface area contributed by atoms with Gasteiger partial charge in [0.05, 0.1) is 0 Å². The molecule has 62 heavy (non-hydrogen) atoms. The second kappa shape index (κ2) is 25.0. The molecule has 0 saturated carbocycles. The van der Waals surface area contributed by atoms with E-state index in [1.807, 2.05) is 140 Å². The number of ketones is 2. The van der Waals surface area contributed by atoms with Crippen molar-refractivity contribution in [2.75, 3.05) is 13.1 Å². The third kappa shape index (κ3) is 18.3. The summed E-state index contributed by atoms with van der Waals surface area (Å²) in [5, 5.41) is 22.5. The van der Waals surface area contributed by atoms with E-state index in [-0.39, 0.29) is 50.3 Å². The first-order valence-electron chi connectivity index (χ1n) is 21.0. The highest BCUT2D eigenvalue weighted by Crippen LogP contribution is 2.42. The number of carboxylic acids is 2. The Bertz CT molecular complexity index is 1900. The van der Waals surface area contributed by atoms with Crippen LogP contribution < -0.4 is 10.6 Å². The topological polar surface area (TPSA) is 185 Å². The first-order valence-corrected chi connectivity index (χ1v) is 21.0. The maximum absolute atomic E-state index is 13.1. The third-order valence-electron chi connectivity index (χ3n) is 10.4. The highest BCUT2D eigenvalue weighted by molar-refractivity contribution is 6.02. The van der Waals surface area contributed by atoms with Crippen molar-refractivity contribution in [2.45, 2.75) is 120 Å². The first-order chi connectivity index (χ1) is 29.0. The molecular weight excluding hydrogens is 789 g/mol. The van der Waals surface area contributed by atoms with Crippen LogP contribution in [0.25, 0.3) is 0 Å². The Morgan fingerprint density at radius 2 is 0.903 bits per heavy atom. The zero-order valence-electron chi connectivity index (χ0n) is 38.1. The lowest BCUT2D eigenvalue weighted by molar-refractivity contribution is -0.138. The van der Waals surface area contributed by atoms with Crippen molar-refractivity contribution in [1.82, 2.24) is 10.6 Å². The number of allylic oxidation sites excluding steroid dienone is 20. The largest absolute Gasteiger partial charge is 0.481 e. The molecule has 0 aliphatic heterocycles. The van der Waals surface area contributed by atoms with Crippen LogP contribution in [0.15, 0.2) is 130 Å². The number of aliphatic carboxylic acids is 2. The molecule has 2 aliphatic carbocycles. The number of nitrogens with one attached hydrogen (secondary N) is 2. The van der Waals surface area contributed by atoms with Gasteiger partial charge < -0.3 is 30.3 Å². The number of carboxylic acid groups (broad SMARTS) is 2. The van der Waals surface area contributed by atoms with Crippen LogP contribution in [-0.4, -0.2) is 71.2 Å². The molecule has 0 fully saturated rings. The molecule has 2 unspecified atom stereocenters. The van der Waals surface area contributed by atoms with Crippen LogP contribution in [0.2, 0.25) is 0 Å². The Morgan fingerprint density at radius 3 is 1.24 bits per heavy atom. The number of ether oxygens (including phenoxy) is 2. The molecule has 12 nitrogen and oxygen atoms in total. The van der Waals surface area contributed by atoms with Gasteiger partial charge in [-0.3, -0.25) is 19.2 Å². The highest BCUT2D eigenvalue weighted by atomic mass is 16.6. The van der Waals surface area contributed by atoms with Gasteiger partial charge in [-0.05, 0) is 87.5 Å². The van der Waals surface area contributed by atoms with Crippen LogP contribution in [0.4, 0.5) is 9.59 Å². The fourth-order valence-corrected chi connectivity index (χ4v) is 6.96. The number of hydrogen-bond acceptors (Lipinski definition) is 8. The lowest BCUT2D eigenvalue weighted by Crippen LogP contribution is -2.41. The Morgan fingerprint density at radius 1 is 0.581 bits per heavy atom. The molecule has 12 heteroatoms. The van der Waals surface area contributed by atoms with Gasteiger partial charge in [0.15, 0.2) is 23.8 Å². The average Bonchev–Trinajstić information content (AvgIpc) is 3.17. The van der Waals surface area contributed by atoms with Crippen LogP contribution in [0.3, 0.4) is 0 Å². The molecule has 0 saturated heterocycles. The molecule has 4 N–H and O–H groups in total. The van der Waals surface area contributed by atoms with Crippen molar-refractivity contribution in [3.63, 3.8) is 0 Å². The number of Topliss-reactive ketones (excluding diaryl/α,β-unsaturated/α-hetero) is 2. The summed E-state index contributed by atoms with van der Waals surface area (Å²) in [4.78, 5) is 72.0. The maximum Gasteiger partial charge on any atom is 0.407 e. The SMILES string of the molecule is CC(C=CC=C(C)C=CC1=C(C)C(=O)C(OC(=O)NCCCC(=O)O)CC1(C)C)=CC=CC=C(C)C=CC=C(C)C=CC1=C(C)C(=O)C(OC(=O)NCCCC(=O)O)CC1(C)C. The zero-order chi connectivity index (χ0) is 46.6. The Labute approximate surface area is 367 Å². The third-order valence-corrected chi connectivity index (χ3v) is 10.4. The summed E-state index contributed by atoms with van der Waals surface area (Å²) in [5.74, 6) is -2.37. The summed E-state index contributed by atoms with van der Waals surface area (Å²) in [6.45, 7) is 19.8. The van der Waals surface area contributed by atoms with Crippen molar-refractivity contribution in [1.29, 1.82) is 0 Å².